The molecular formula is C37H51N3O8. The van der Waals surface area contributed by atoms with Gasteiger partial charge in [0.1, 0.15) is 23.7 Å². The lowest BCUT2D eigenvalue weighted by Crippen LogP contribution is -2.59. The summed E-state index contributed by atoms with van der Waals surface area (Å²) in [7, 11) is 1.51. The van der Waals surface area contributed by atoms with E-state index in [1.54, 1.807) is 23.1 Å². The lowest BCUT2D eigenvalue weighted by molar-refractivity contribution is -0.163. The van der Waals surface area contributed by atoms with E-state index in [1.807, 2.05) is 57.2 Å². The molecule has 0 saturated carbocycles. The van der Waals surface area contributed by atoms with Gasteiger partial charge < -0.3 is 34.4 Å². The van der Waals surface area contributed by atoms with E-state index in [2.05, 4.69) is 12.2 Å². The first-order chi connectivity index (χ1) is 23.1. The third-order valence-corrected chi connectivity index (χ3v) is 10.1. The highest BCUT2D eigenvalue weighted by atomic mass is 16.6. The summed E-state index contributed by atoms with van der Waals surface area (Å²) in [4.78, 5) is 60.4. The zero-order valence-electron chi connectivity index (χ0n) is 28.7. The standard InChI is InChI=1S/C37H51N3O8/c1-6-13-24(4)39-19-12-18-37-31(34(43)40(33(37)35(39)44)26(21-41)20-23(2)3)30-28(48-37)16-10-11-17-29(42)38-27(22-46-5)32(47-36(30)45)25-14-8-7-9-15-25/h7-10,12,14-16,18,23-24,26-28,30-33,41H,6,11,13,17,19-22H2,1-5H3,(H,38,42)/b16-10-/t24?,26-,27-,28-,30+,31+,32-,33-,37+/m1/s1. The molecule has 4 aliphatic rings. The minimum absolute atomic E-state index is 0.0809. The summed E-state index contributed by atoms with van der Waals surface area (Å²) in [6.45, 7) is 8.16. The maximum atomic E-state index is 14.8. The van der Waals surface area contributed by atoms with Crippen LogP contribution in [-0.4, -0.2) is 101 Å². The molecule has 1 aromatic rings. The van der Waals surface area contributed by atoms with Crippen LogP contribution in [0.2, 0.25) is 0 Å². The first-order valence-electron chi connectivity index (χ1n) is 17.4. The van der Waals surface area contributed by atoms with Crippen LogP contribution in [0.25, 0.3) is 0 Å². The molecule has 0 radical (unpaired) electrons. The van der Waals surface area contributed by atoms with Crippen LogP contribution in [0.3, 0.4) is 0 Å². The van der Waals surface area contributed by atoms with Crippen LogP contribution in [-0.2, 0) is 33.4 Å². The number of cyclic esters (lactones) is 1. The van der Waals surface area contributed by atoms with Crippen molar-refractivity contribution < 1.29 is 38.5 Å². The summed E-state index contributed by atoms with van der Waals surface area (Å²) in [6.07, 6.45) is 8.06. The van der Waals surface area contributed by atoms with Crippen LogP contribution in [0.15, 0.2) is 54.6 Å². The second-order valence-corrected chi connectivity index (χ2v) is 13.9. The highest BCUT2D eigenvalue weighted by Crippen LogP contribution is 2.54. The van der Waals surface area contributed by atoms with Gasteiger partial charge in [-0.05, 0) is 37.7 Å². The number of rotatable bonds is 10. The number of hydrogen-bond donors (Lipinski definition) is 2. The molecular weight excluding hydrogens is 614 g/mol. The number of carbonyl (C=O) groups is 4. The molecule has 48 heavy (non-hydrogen) atoms. The normalized spacial score (nSPS) is 32.7. The monoisotopic (exact) mass is 665 g/mol. The van der Waals surface area contributed by atoms with Gasteiger partial charge in [0.25, 0.3) is 0 Å². The van der Waals surface area contributed by atoms with E-state index in [4.69, 9.17) is 14.2 Å². The van der Waals surface area contributed by atoms with Crippen molar-refractivity contribution in [2.45, 2.75) is 102 Å². The number of amides is 3. The molecule has 5 rings (SSSR count). The van der Waals surface area contributed by atoms with Crippen molar-refractivity contribution in [1.29, 1.82) is 0 Å². The second kappa shape index (κ2) is 15.3. The van der Waals surface area contributed by atoms with Crippen molar-refractivity contribution in [3.63, 3.8) is 0 Å². The molecule has 2 saturated heterocycles. The van der Waals surface area contributed by atoms with Gasteiger partial charge in [-0.15, -0.1) is 0 Å². The number of aliphatic hydroxyl groups excluding tert-OH is 1. The predicted octanol–water partition coefficient (Wildman–Crippen LogP) is 3.33. The fourth-order valence-electron chi connectivity index (χ4n) is 8.03. The largest absolute Gasteiger partial charge is 0.455 e. The zero-order valence-corrected chi connectivity index (χ0v) is 28.7. The van der Waals surface area contributed by atoms with Crippen LogP contribution >= 0.6 is 0 Å². The number of allylic oxidation sites excluding steroid dienone is 1. The Hall–Kier alpha value is -3.54. The minimum atomic E-state index is -1.47. The zero-order chi connectivity index (χ0) is 34.6. The molecule has 4 aliphatic heterocycles. The fourth-order valence-corrected chi connectivity index (χ4v) is 8.03. The number of carbonyl (C=O) groups excluding carboxylic acids is 4. The first-order valence-corrected chi connectivity index (χ1v) is 17.4. The van der Waals surface area contributed by atoms with Crippen molar-refractivity contribution >= 4 is 23.7 Å². The van der Waals surface area contributed by atoms with Crippen LogP contribution in [0.4, 0.5) is 0 Å². The Balaban J connectivity index is 1.64. The summed E-state index contributed by atoms with van der Waals surface area (Å²) < 4.78 is 18.6. The van der Waals surface area contributed by atoms with Gasteiger partial charge in [-0.3, -0.25) is 19.2 Å². The molecule has 11 heteroatoms. The molecule has 1 spiro atoms. The van der Waals surface area contributed by atoms with E-state index in [9.17, 15) is 24.3 Å². The van der Waals surface area contributed by atoms with E-state index in [0.29, 0.717) is 24.9 Å². The van der Waals surface area contributed by atoms with Gasteiger partial charge in [-0.2, -0.15) is 0 Å². The van der Waals surface area contributed by atoms with Crippen molar-refractivity contribution in [1.82, 2.24) is 15.1 Å². The number of methoxy groups -OCH3 is 1. The van der Waals surface area contributed by atoms with E-state index >= 15 is 0 Å². The SMILES string of the molecule is CCCC(C)N1CC=C[C@]23O[C@@H]4/C=C\CCC(=O)N[C@H](COC)[C@@H](c5ccccc5)OC(=O)[C@@H]4[C@H]2C(=O)N([C@@H](CO)CC(C)C)[C@@H]3C1=O. The summed E-state index contributed by atoms with van der Waals surface area (Å²) in [5.41, 5.74) is -0.814. The number of nitrogens with zero attached hydrogens (tertiary/aromatic N) is 2. The molecule has 1 aromatic carbocycles. The molecule has 262 valence electrons. The third kappa shape index (κ3) is 6.82. The smallest absolute Gasteiger partial charge is 0.313 e. The molecule has 11 nitrogen and oxygen atoms in total. The summed E-state index contributed by atoms with van der Waals surface area (Å²) in [5, 5.41) is 13.6. The Bertz CT molecular complexity index is 1380. The average Bonchev–Trinajstić information content (AvgIpc) is 3.45. The molecule has 1 unspecified atom stereocenters. The molecule has 3 amide bonds. The van der Waals surface area contributed by atoms with Crippen LogP contribution in [0, 0.1) is 17.8 Å². The van der Waals surface area contributed by atoms with Gasteiger partial charge in [0.15, 0.2) is 0 Å². The molecule has 0 aliphatic carbocycles. The van der Waals surface area contributed by atoms with Gasteiger partial charge in [0.05, 0.1) is 37.3 Å². The van der Waals surface area contributed by atoms with Gasteiger partial charge in [0.2, 0.25) is 17.7 Å². The molecule has 9 atom stereocenters. The number of fused-ring (bicyclic) bond motifs is 2. The third-order valence-electron chi connectivity index (χ3n) is 10.1. The van der Waals surface area contributed by atoms with Crippen molar-refractivity contribution in [2.24, 2.45) is 17.8 Å². The van der Waals surface area contributed by atoms with Crippen molar-refractivity contribution in [2.75, 3.05) is 26.9 Å². The second-order valence-electron chi connectivity index (χ2n) is 13.9. The predicted molar refractivity (Wildman–Crippen MR) is 178 cm³/mol. The van der Waals surface area contributed by atoms with Gasteiger partial charge >= 0.3 is 5.97 Å². The van der Waals surface area contributed by atoms with Gasteiger partial charge in [0, 0.05) is 26.1 Å². The van der Waals surface area contributed by atoms with E-state index in [0.717, 1.165) is 12.8 Å². The number of nitrogens with one attached hydrogen (secondary N) is 1. The Kier molecular flexibility index (Phi) is 11.4. The van der Waals surface area contributed by atoms with E-state index in [-0.39, 0.29) is 43.4 Å². The van der Waals surface area contributed by atoms with Crippen LogP contribution in [0.1, 0.15) is 71.5 Å². The number of aliphatic hydroxyl groups is 1. The first kappa shape index (κ1) is 35.8. The lowest BCUT2D eigenvalue weighted by atomic mass is 9.77. The maximum absolute atomic E-state index is 14.8. The molecule has 0 aromatic heterocycles. The quantitative estimate of drug-likeness (QED) is 0.287. The number of hydrogen-bond acceptors (Lipinski definition) is 8. The van der Waals surface area contributed by atoms with Gasteiger partial charge in [-0.1, -0.05) is 81.8 Å². The van der Waals surface area contributed by atoms with E-state index in [1.165, 1.54) is 12.0 Å². The molecule has 2 N–H and O–H groups in total. The van der Waals surface area contributed by atoms with Crippen LogP contribution in [0.5, 0.6) is 0 Å². The number of esters is 1. The Morgan fingerprint density at radius 2 is 1.83 bits per heavy atom. The number of ether oxygens (including phenoxy) is 3. The summed E-state index contributed by atoms with van der Waals surface area (Å²) in [5.74, 6) is -3.61. The van der Waals surface area contributed by atoms with Gasteiger partial charge in [-0.25, -0.2) is 0 Å². The highest BCUT2D eigenvalue weighted by molar-refractivity contribution is 5.99. The van der Waals surface area contributed by atoms with Crippen molar-refractivity contribution in [3.8, 4) is 0 Å². The molecule has 4 heterocycles. The average molecular weight is 666 g/mol. The maximum Gasteiger partial charge on any atom is 0.313 e. The minimum Gasteiger partial charge on any atom is -0.455 e. The number of benzene rings is 1. The van der Waals surface area contributed by atoms with E-state index < -0.39 is 59.6 Å². The number of likely N-dealkylation sites (tertiary alicyclic amines) is 1. The Labute approximate surface area is 283 Å². The lowest BCUT2D eigenvalue weighted by Gasteiger charge is -2.40. The Morgan fingerprint density at radius 1 is 1.08 bits per heavy atom. The fraction of sp³-hybridized carbons (Fsp3) is 0.622. The Morgan fingerprint density at radius 3 is 2.50 bits per heavy atom. The molecule has 0 bridgehead atoms. The highest BCUT2D eigenvalue weighted by Gasteiger charge is 2.72. The van der Waals surface area contributed by atoms with Crippen LogP contribution < -0.4 is 5.32 Å². The topological polar surface area (TPSA) is 135 Å². The summed E-state index contributed by atoms with van der Waals surface area (Å²) in [6, 6.07) is 6.60. The molecule has 2 fully saturated rings. The summed E-state index contributed by atoms with van der Waals surface area (Å²) >= 11 is 0. The van der Waals surface area contributed by atoms with Crippen molar-refractivity contribution in [3.05, 3.63) is 60.2 Å².